The molecule has 8 atom stereocenters. The number of nitrogens with one attached hydrogen (secondary N) is 1. The normalized spacial score (nSPS) is 33.5. The van der Waals surface area contributed by atoms with Gasteiger partial charge in [0, 0.05) is 48.2 Å². The highest BCUT2D eigenvalue weighted by Crippen LogP contribution is 2.53. The third-order valence-corrected chi connectivity index (χ3v) is 9.52. The third kappa shape index (κ3) is 4.72. The van der Waals surface area contributed by atoms with Gasteiger partial charge in [-0.2, -0.15) is 0 Å². The highest BCUT2D eigenvalue weighted by Gasteiger charge is 2.60. The fraction of sp³-hybridized carbons (Fsp3) is 0.696. The summed E-state index contributed by atoms with van der Waals surface area (Å²) in [6.45, 7) is 4.79. The van der Waals surface area contributed by atoms with Crippen molar-refractivity contribution in [2.75, 3.05) is 19.6 Å². The third-order valence-electron chi connectivity index (χ3n) is 8.01. The van der Waals surface area contributed by atoms with Gasteiger partial charge in [0.2, 0.25) is 11.8 Å². The molecule has 2 amide bonds. The molecule has 3 fully saturated rings. The van der Waals surface area contributed by atoms with E-state index in [1.165, 1.54) is 27.7 Å². The molecule has 4 aliphatic rings. The van der Waals surface area contributed by atoms with Crippen LogP contribution >= 0.6 is 11.8 Å². The van der Waals surface area contributed by atoms with Crippen molar-refractivity contribution in [3.63, 3.8) is 0 Å². The van der Waals surface area contributed by atoms with E-state index in [9.17, 15) is 29.4 Å². The number of ketones is 1. The second-order valence-electron chi connectivity index (χ2n) is 10.7. The van der Waals surface area contributed by atoms with Crippen molar-refractivity contribution >= 4 is 35.3 Å². The summed E-state index contributed by atoms with van der Waals surface area (Å²) < 4.78 is 1.33. The molecule has 14 nitrogen and oxygen atoms in total. The molecule has 0 spiro atoms. The Bertz CT molecular complexity index is 1150. The van der Waals surface area contributed by atoms with E-state index in [0.29, 0.717) is 24.4 Å². The molecule has 5 rings (SSSR count). The zero-order valence-corrected chi connectivity index (χ0v) is 22.0. The largest absolute Gasteiger partial charge is 0.477 e. The number of carboxylic acids is 1. The SMILES string of the molecule is C[C@@H](CC(=O)Cn1cnnn1)[C@H]1C(=O)N2C(C(=O)O)=C(S[C@@H]3CN[C@H](C(=O)N4C[C@@H](O)[C@@H](N)C4)C3)[C@H](C)[C@H]12. The summed E-state index contributed by atoms with van der Waals surface area (Å²) in [6.07, 6.45) is 1.27. The summed E-state index contributed by atoms with van der Waals surface area (Å²) in [6, 6.07) is -1.22. The topological polar surface area (TPSA) is 197 Å². The number of aliphatic hydroxyl groups excluding tert-OH is 1. The summed E-state index contributed by atoms with van der Waals surface area (Å²) >= 11 is 1.41. The van der Waals surface area contributed by atoms with Crippen LogP contribution in [0.2, 0.25) is 0 Å². The molecule has 1 aromatic heterocycles. The minimum Gasteiger partial charge on any atom is -0.477 e. The molecule has 15 heteroatoms. The summed E-state index contributed by atoms with van der Waals surface area (Å²) in [4.78, 5) is 54.4. The predicted molar refractivity (Wildman–Crippen MR) is 133 cm³/mol. The number of aliphatic hydroxyl groups is 1. The molecule has 0 saturated carbocycles. The summed E-state index contributed by atoms with van der Waals surface area (Å²) in [5.74, 6) is -2.61. The number of thioether (sulfide) groups is 1. The molecule has 4 aliphatic heterocycles. The number of nitrogens with zero attached hydrogens (tertiary/aromatic N) is 6. The van der Waals surface area contributed by atoms with E-state index >= 15 is 0 Å². The van der Waals surface area contributed by atoms with Gasteiger partial charge >= 0.3 is 5.97 Å². The Hall–Kier alpha value is -2.88. The number of aromatic nitrogens is 4. The van der Waals surface area contributed by atoms with Gasteiger partial charge in [0.1, 0.15) is 18.6 Å². The van der Waals surface area contributed by atoms with Gasteiger partial charge in [0.25, 0.3) is 0 Å². The number of carbonyl (C=O) groups is 4. The van der Waals surface area contributed by atoms with Crippen LogP contribution in [0, 0.1) is 17.8 Å². The second kappa shape index (κ2) is 10.4. The maximum absolute atomic E-state index is 13.1. The van der Waals surface area contributed by atoms with Crippen LogP contribution in [-0.4, -0.2) is 113 Å². The van der Waals surface area contributed by atoms with Crippen molar-refractivity contribution in [2.45, 2.75) is 62.7 Å². The predicted octanol–water partition coefficient (Wildman–Crippen LogP) is -1.96. The minimum atomic E-state index is -1.16. The molecule has 206 valence electrons. The summed E-state index contributed by atoms with van der Waals surface area (Å²) in [5.41, 5.74) is 5.85. The number of nitrogens with two attached hydrogens (primary N) is 1. The molecule has 0 unspecified atom stereocenters. The van der Waals surface area contributed by atoms with Crippen LogP contribution in [0.1, 0.15) is 26.7 Å². The Labute approximate surface area is 222 Å². The summed E-state index contributed by atoms with van der Waals surface area (Å²) in [5, 5.41) is 33.8. The number of carbonyl (C=O) groups excluding carboxylic acids is 3. The van der Waals surface area contributed by atoms with E-state index < -0.39 is 30.1 Å². The number of likely N-dealkylation sites (tertiary alicyclic amines) is 1. The molecule has 38 heavy (non-hydrogen) atoms. The molecule has 0 radical (unpaired) electrons. The lowest BCUT2D eigenvalue weighted by atomic mass is 9.73. The molecule has 0 aliphatic carbocycles. The van der Waals surface area contributed by atoms with Gasteiger partial charge in [-0.3, -0.25) is 14.4 Å². The number of β-lactam (4-membered cyclic amide) rings is 1. The monoisotopic (exact) mass is 548 g/mol. The van der Waals surface area contributed by atoms with E-state index in [1.54, 1.807) is 4.90 Å². The van der Waals surface area contributed by atoms with Crippen molar-refractivity contribution < 1.29 is 29.4 Å². The van der Waals surface area contributed by atoms with E-state index in [4.69, 9.17) is 5.73 Å². The Morgan fingerprint density at radius 1 is 1.32 bits per heavy atom. The van der Waals surface area contributed by atoms with Gasteiger partial charge in [-0.05, 0) is 22.8 Å². The van der Waals surface area contributed by atoms with Crippen LogP contribution in [-0.2, 0) is 25.7 Å². The van der Waals surface area contributed by atoms with Gasteiger partial charge in [-0.1, -0.05) is 13.8 Å². The lowest BCUT2D eigenvalue weighted by Crippen LogP contribution is -2.62. The number of hydrogen-bond donors (Lipinski definition) is 4. The first-order chi connectivity index (χ1) is 18.1. The van der Waals surface area contributed by atoms with Crippen LogP contribution in [0.4, 0.5) is 0 Å². The number of rotatable bonds is 9. The van der Waals surface area contributed by atoms with Crippen LogP contribution in [0.15, 0.2) is 16.9 Å². The van der Waals surface area contributed by atoms with E-state index in [1.807, 2.05) is 13.8 Å². The van der Waals surface area contributed by atoms with E-state index in [2.05, 4.69) is 20.8 Å². The highest BCUT2D eigenvalue weighted by molar-refractivity contribution is 8.03. The van der Waals surface area contributed by atoms with Gasteiger partial charge in [0.05, 0.1) is 24.1 Å². The molecule has 5 heterocycles. The highest BCUT2D eigenvalue weighted by atomic mass is 32.2. The first-order valence-electron chi connectivity index (χ1n) is 12.7. The fourth-order valence-corrected chi connectivity index (χ4v) is 7.60. The first kappa shape index (κ1) is 26.7. The molecule has 3 saturated heterocycles. The molecule has 0 aromatic carbocycles. The fourth-order valence-electron chi connectivity index (χ4n) is 6.12. The van der Waals surface area contributed by atoms with Gasteiger partial charge in [-0.25, -0.2) is 9.48 Å². The Morgan fingerprint density at radius 3 is 2.71 bits per heavy atom. The van der Waals surface area contributed by atoms with E-state index in [0.717, 1.165) is 0 Å². The van der Waals surface area contributed by atoms with Gasteiger partial charge < -0.3 is 31.1 Å². The second-order valence-corrected chi connectivity index (χ2v) is 12.0. The smallest absolute Gasteiger partial charge is 0.353 e. The molecule has 0 bridgehead atoms. The molecular formula is C23H32N8O6S. The van der Waals surface area contributed by atoms with Crippen molar-refractivity contribution in [3.8, 4) is 0 Å². The Kier molecular flexibility index (Phi) is 7.28. The van der Waals surface area contributed by atoms with Crippen molar-refractivity contribution in [1.82, 2.24) is 35.3 Å². The first-order valence-corrected chi connectivity index (χ1v) is 13.6. The number of carboxylic acid groups (broad SMARTS) is 1. The molecule has 5 N–H and O–H groups in total. The number of β-amino-alcohol motifs (C(OH)–C–C–N with tert-alkyl or cyclic N) is 1. The lowest BCUT2D eigenvalue weighted by molar-refractivity contribution is -0.160. The van der Waals surface area contributed by atoms with Crippen LogP contribution in [0.3, 0.4) is 0 Å². The van der Waals surface area contributed by atoms with Crippen molar-refractivity contribution in [2.24, 2.45) is 23.5 Å². The quantitative estimate of drug-likeness (QED) is 0.249. The number of fused-ring (bicyclic) bond motifs is 1. The standard InChI is InChI=1S/C23H32N8O6S/c1-10(3-12(32)6-30-9-26-27-28-30)17-18-11(2)20(19(23(36)37)31(18)22(17)35)38-13-4-15(25-5-13)21(34)29-7-14(24)16(33)8-29/h9-11,13-18,25,33H,3-8,24H2,1-2H3,(H,36,37)/t10-,11+,13-,14-,15-,16+,17+,18+/m0/s1. The minimum absolute atomic E-state index is 0.00406. The number of tetrazole rings is 1. The molecule has 1 aromatic rings. The van der Waals surface area contributed by atoms with E-state index in [-0.39, 0.29) is 65.9 Å². The Morgan fingerprint density at radius 2 is 2.08 bits per heavy atom. The molecular weight excluding hydrogens is 516 g/mol. The maximum atomic E-state index is 13.1. The maximum Gasteiger partial charge on any atom is 0.353 e. The average Bonchev–Trinajstić information content (AvgIpc) is 3.63. The Balaban J connectivity index is 1.23. The van der Waals surface area contributed by atoms with Gasteiger partial charge in [-0.15, -0.1) is 16.9 Å². The average molecular weight is 549 g/mol. The van der Waals surface area contributed by atoms with Crippen molar-refractivity contribution in [1.29, 1.82) is 0 Å². The number of aliphatic carboxylic acids is 1. The van der Waals surface area contributed by atoms with Crippen LogP contribution in [0.5, 0.6) is 0 Å². The van der Waals surface area contributed by atoms with Gasteiger partial charge in [0.15, 0.2) is 5.78 Å². The lowest BCUT2D eigenvalue weighted by Gasteiger charge is -2.47. The number of Topliss-reactive ketones (excluding diaryl/α,β-unsaturated/α-hetero) is 1. The number of hydrogen-bond acceptors (Lipinski definition) is 11. The van der Waals surface area contributed by atoms with Crippen molar-refractivity contribution in [3.05, 3.63) is 16.9 Å². The van der Waals surface area contributed by atoms with Crippen LogP contribution in [0.25, 0.3) is 0 Å². The summed E-state index contributed by atoms with van der Waals surface area (Å²) in [7, 11) is 0. The zero-order valence-electron chi connectivity index (χ0n) is 21.1. The zero-order chi connectivity index (χ0) is 27.3. The van der Waals surface area contributed by atoms with Crippen LogP contribution < -0.4 is 11.1 Å². The number of amides is 2.